The summed E-state index contributed by atoms with van der Waals surface area (Å²) in [6.07, 6.45) is -3.75. The van der Waals surface area contributed by atoms with Gasteiger partial charge in [-0.2, -0.15) is 13.2 Å². The molecule has 0 radical (unpaired) electrons. The van der Waals surface area contributed by atoms with Crippen molar-refractivity contribution in [2.24, 2.45) is 9.98 Å². The number of rotatable bonds is 4. The number of halogens is 5. The maximum atomic E-state index is 13.0. The van der Waals surface area contributed by atoms with E-state index >= 15 is 0 Å². The second-order valence-corrected chi connectivity index (χ2v) is 7.97. The highest BCUT2D eigenvalue weighted by Gasteiger charge is 2.39. The number of hydrogen-bond donors (Lipinski definition) is 2. The topological polar surface area (TPSA) is 86.0 Å². The van der Waals surface area contributed by atoms with Gasteiger partial charge in [-0.1, -0.05) is 18.2 Å². The van der Waals surface area contributed by atoms with Crippen molar-refractivity contribution in [1.82, 2.24) is 14.9 Å². The van der Waals surface area contributed by atoms with E-state index in [2.05, 4.69) is 25.3 Å². The second-order valence-electron chi connectivity index (χ2n) is 7.30. The molecule has 0 unspecified atom stereocenters. The molecule has 3 aromatic rings. The van der Waals surface area contributed by atoms with Crippen molar-refractivity contribution >= 4 is 56.7 Å². The molecule has 0 atom stereocenters. The lowest BCUT2D eigenvalue weighted by atomic mass is 10.0. The predicted molar refractivity (Wildman–Crippen MR) is 127 cm³/mol. The van der Waals surface area contributed by atoms with Crippen molar-refractivity contribution in [3.8, 4) is 0 Å². The van der Waals surface area contributed by atoms with Gasteiger partial charge in [-0.05, 0) is 53.9 Å². The maximum Gasteiger partial charge on any atom is 0.417 e. The first-order valence-corrected chi connectivity index (χ1v) is 11.1. The van der Waals surface area contributed by atoms with Gasteiger partial charge in [0, 0.05) is 25.1 Å². The van der Waals surface area contributed by atoms with Gasteiger partial charge in [0.2, 0.25) is 10.6 Å². The van der Waals surface area contributed by atoms with E-state index in [0.717, 1.165) is 17.0 Å². The highest BCUT2D eigenvalue weighted by atomic mass is 35.5. The fourth-order valence-corrected chi connectivity index (χ4v) is 4.01. The number of aliphatic hydroxyl groups is 1. The number of nitrogens with zero attached hydrogens (tertiary/aromatic N) is 5. The minimum Gasteiger partial charge on any atom is -0.396 e. The first-order chi connectivity index (χ1) is 16.3. The molecule has 0 fully saturated rings. The van der Waals surface area contributed by atoms with E-state index in [1.807, 2.05) is 24.3 Å². The summed E-state index contributed by atoms with van der Waals surface area (Å²) in [4.78, 5) is 17.9. The number of benzene rings is 2. The number of alkyl halides is 3. The van der Waals surface area contributed by atoms with Crippen LogP contribution in [0.15, 0.2) is 52.4 Å². The monoisotopic (exact) mass is 510 g/mol. The van der Waals surface area contributed by atoms with Gasteiger partial charge >= 0.3 is 6.18 Å². The van der Waals surface area contributed by atoms with Crippen molar-refractivity contribution < 1.29 is 18.3 Å². The van der Waals surface area contributed by atoms with Crippen LogP contribution in [0.3, 0.4) is 0 Å². The molecular weight excluding hydrogens is 492 g/mol. The third kappa shape index (κ3) is 5.08. The third-order valence-corrected chi connectivity index (χ3v) is 5.51. The molecule has 0 aliphatic carbocycles. The second kappa shape index (κ2) is 10.1. The Morgan fingerprint density at radius 3 is 2.62 bits per heavy atom. The maximum absolute atomic E-state index is 13.0. The van der Waals surface area contributed by atoms with Crippen LogP contribution in [-0.4, -0.2) is 57.3 Å². The Bertz CT molecular complexity index is 1270. The Labute approximate surface area is 203 Å². The van der Waals surface area contributed by atoms with Crippen molar-refractivity contribution in [3.63, 3.8) is 0 Å². The van der Waals surface area contributed by atoms with Crippen molar-refractivity contribution in [2.75, 3.05) is 31.6 Å². The first kappa shape index (κ1) is 24.2. The molecule has 0 bridgehead atoms. The Hall–Kier alpha value is -2.95. The lowest BCUT2D eigenvalue weighted by Crippen LogP contribution is -2.35. The fraction of sp³-hybridized carbons (Fsp3) is 0.273. The number of aliphatic hydroxyl groups excluding tert-OH is 1. The Morgan fingerprint density at radius 1 is 1.06 bits per heavy atom. The number of fused-ring (bicyclic) bond motifs is 4. The quantitative estimate of drug-likeness (QED) is 0.290. The zero-order valence-corrected chi connectivity index (χ0v) is 19.2. The van der Waals surface area contributed by atoms with Gasteiger partial charge in [0.1, 0.15) is 11.7 Å². The third-order valence-electron chi connectivity index (χ3n) is 5.05. The summed E-state index contributed by atoms with van der Waals surface area (Å²) in [5.74, 6) is 0.974. The lowest BCUT2D eigenvalue weighted by Gasteiger charge is -2.26. The zero-order valence-electron chi connectivity index (χ0n) is 17.7. The van der Waals surface area contributed by atoms with Crippen LogP contribution in [0, 0.1) is 0 Å². The first-order valence-electron chi connectivity index (χ1n) is 10.3. The van der Waals surface area contributed by atoms with Gasteiger partial charge in [-0.3, -0.25) is 9.89 Å². The van der Waals surface area contributed by atoms with Crippen LogP contribution < -0.4 is 5.32 Å². The van der Waals surface area contributed by atoms with Crippen molar-refractivity contribution in [3.05, 3.63) is 58.9 Å². The summed E-state index contributed by atoms with van der Waals surface area (Å²) >= 11 is 11.8. The molecule has 2 N–H and O–H groups in total. The van der Waals surface area contributed by atoms with E-state index in [9.17, 15) is 13.2 Å². The summed E-state index contributed by atoms with van der Waals surface area (Å²) in [7, 11) is 0. The minimum absolute atomic E-state index is 0.0203. The normalized spacial score (nSPS) is 14.6. The summed E-state index contributed by atoms with van der Waals surface area (Å²) in [5, 5.41) is 13.2. The molecule has 34 heavy (non-hydrogen) atoms. The van der Waals surface area contributed by atoms with Gasteiger partial charge in [0.25, 0.3) is 0 Å². The summed E-state index contributed by atoms with van der Waals surface area (Å²) in [6.45, 7) is 1.70. The fourth-order valence-electron chi connectivity index (χ4n) is 3.57. The van der Waals surface area contributed by atoms with Gasteiger partial charge in [-0.25, -0.2) is 15.0 Å². The van der Waals surface area contributed by atoms with Crippen LogP contribution in [0.2, 0.25) is 5.28 Å². The van der Waals surface area contributed by atoms with Gasteiger partial charge in [0.15, 0.2) is 0 Å². The molecule has 0 saturated carbocycles. The molecule has 178 valence electrons. The molecule has 3 heterocycles. The molecule has 0 amide bonds. The average Bonchev–Trinajstić information content (AvgIpc) is 3.29. The number of hydrogen-bond acceptors (Lipinski definition) is 7. The molecule has 12 heteroatoms. The van der Waals surface area contributed by atoms with E-state index in [0.29, 0.717) is 31.9 Å². The molecule has 1 aromatic heterocycles. The van der Waals surface area contributed by atoms with Crippen LogP contribution in [0.25, 0.3) is 10.9 Å². The summed E-state index contributed by atoms with van der Waals surface area (Å²) in [6, 6.07) is 11.5. The number of para-hydroxylation sites is 1. The Balaban J connectivity index is 0.000000162. The predicted octanol–water partition coefficient (Wildman–Crippen LogP) is 5.09. The molecule has 0 saturated heterocycles. The van der Waals surface area contributed by atoms with Crippen LogP contribution >= 0.6 is 23.2 Å². The van der Waals surface area contributed by atoms with Gasteiger partial charge in [-0.15, -0.1) is 0 Å². The molecule has 2 aromatic carbocycles. The van der Waals surface area contributed by atoms with E-state index in [-0.39, 0.29) is 34.3 Å². The van der Waals surface area contributed by atoms with E-state index in [4.69, 9.17) is 28.3 Å². The Morgan fingerprint density at radius 2 is 1.85 bits per heavy atom. The van der Waals surface area contributed by atoms with Crippen LogP contribution in [0.5, 0.6) is 0 Å². The van der Waals surface area contributed by atoms with Gasteiger partial charge in [0.05, 0.1) is 28.9 Å². The largest absolute Gasteiger partial charge is 0.417 e. The SMILES string of the molecule is FC(F)(F)c1cccc2c1C1=NCCN1C(Cl)=N2.OCCCNc1nc(Cl)nc2ccccc12. The molecule has 2 aliphatic heterocycles. The van der Waals surface area contributed by atoms with Crippen molar-refractivity contribution in [1.29, 1.82) is 0 Å². The van der Waals surface area contributed by atoms with Crippen LogP contribution in [0.4, 0.5) is 24.7 Å². The number of nitrogens with one attached hydrogen (secondary N) is 1. The van der Waals surface area contributed by atoms with Gasteiger partial charge < -0.3 is 10.4 Å². The Kier molecular flexibility index (Phi) is 7.20. The smallest absolute Gasteiger partial charge is 0.396 e. The zero-order chi connectivity index (χ0) is 24.3. The molecular formula is C22H19Cl2F3N6O. The summed E-state index contributed by atoms with van der Waals surface area (Å²) < 4.78 is 38.9. The standard InChI is InChI=1S/C11H7ClF3N3.C11H12ClN3O/c12-10-17-7-3-1-2-6(11(13,14)15)8(7)9-16-4-5-18(9)10;12-11-14-9-5-2-1-4-8(9)10(15-11)13-6-3-7-16/h1-3H,4-5H2;1-2,4-5,16H,3,6-7H2,(H,13,14,15). The number of aromatic nitrogens is 2. The van der Waals surface area contributed by atoms with E-state index in [1.165, 1.54) is 17.0 Å². The lowest BCUT2D eigenvalue weighted by molar-refractivity contribution is -0.137. The van der Waals surface area contributed by atoms with E-state index < -0.39 is 11.7 Å². The van der Waals surface area contributed by atoms with Crippen molar-refractivity contribution in [2.45, 2.75) is 12.6 Å². The molecule has 2 aliphatic rings. The highest BCUT2D eigenvalue weighted by Crippen LogP contribution is 2.39. The molecule has 5 rings (SSSR count). The molecule has 7 nitrogen and oxygen atoms in total. The number of amidine groups is 2. The van der Waals surface area contributed by atoms with Crippen LogP contribution in [0.1, 0.15) is 17.5 Å². The highest BCUT2D eigenvalue weighted by molar-refractivity contribution is 6.66. The van der Waals surface area contributed by atoms with E-state index in [1.54, 1.807) is 0 Å². The molecule has 0 spiro atoms. The average molecular weight is 511 g/mol. The summed E-state index contributed by atoms with van der Waals surface area (Å²) in [5.41, 5.74) is 0.325. The van der Waals surface area contributed by atoms with Crippen LogP contribution in [-0.2, 0) is 6.18 Å². The number of anilines is 1. The minimum atomic E-state index is -4.43. The number of aliphatic imine (C=N–C) groups is 2.